The molecule has 30 heavy (non-hydrogen) atoms. The van der Waals surface area contributed by atoms with Crippen LogP contribution in [0.25, 0.3) is 0 Å². The number of hydrogen-bond donors (Lipinski definition) is 2. The van der Waals surface area contributed by atoms with Crippen LogP contribution in [0.15, 0.2) is 47.5 Å². The first kappa shape index (κ1) is 24.3. The van der Waals surface area contributed by atoms with Crippen molar-refractivity contribution in [3.8, 4) is 0 Å². The number of hydrogen-bond acceptors (Lipinski definition) is 3. The molecule has 0 saturated carbocycles. The van der Waals surface area contributed by atoms with Crippen LogP contribution in [0.4, 0.5) is 14.5 Å². The number of guanidine groups is 1. The van der Waals surface area contributed by atoms with Gasteiger partial charge in [-0.2, -0.15) is 0 Å². The van der Waals surface area contributed by atoms with Gasteiger partial charge in [-0.15, -0.1) is 24.0 Å². The van der Waals surface area contributed by atoms with Gasteiger partial charge in [0, 0.05) is 39.3 Å². The molecule has 1 aliphatic rings. The lowest BCUT2D eigenvalue weighted by molar-refractivity contribution is 0.133. The zero-order chi connectivity index (χ0) is 20.6. The van der Waals surface area contributed by atoms with Crippen LogP contribution in [0.1, 0.15) is 24.5 Å². The maximum absolute atomic E-state index is 14.0. The van der Waals surface area contributed by atoms with Crippen molar-refractivity contribution in [3.05, 3.63) is 65.2 Å². The average molecular weight is 530 g/mol. The number of benzene rings is 2. The fraction of sp³-hybridized carbons (Fsp3) is 0.409. The van der Waals surface area contributed by atoms with Gasteiger partial charge < -0.3 is 20.3 Å². The summed E-state index contributed by atoms with van der Waals surface area (Å²) in [6.07, 6.45) is 0.773. The molecule has 1 aliphatic heterocycles. The van der Waals surface area contributed by atoms with Crippen LogP contribution in [0.3, 0.4) is 0 Å². The highest BCUT2D eigenvalue weighted by atomic mass is 127. The highest BCUT2D eigenvalue weighted by Gasteiger charge is 2.27. The van der Waals surface area contributed by atoms with E-state index in [1.54, 1.807) is 11.9 Å². The van der Waals surface area contributed by atoms with Crippen molar-refractivity contribution in [2.45, 2.75) is 32.5 Å². The summed E-state index contributed by atoms with van der Waals surface area (Å²) in [6, 6.07) is 12.1. The maximum Gasteiger partial charge on any atom is 0.191 e. The second kappa shape index (κ2) is 12.0. The lowest BCUT2D eigenvalue weighted by atomic mass is 10.1. The van der Waals surface area contributed by atoms with Crippen LogP contribution in [-0.2, 0) is 17.9 Å². The summed E-state index contributed by atoms with van der Waals surface area (Å²) in [5.41, 5.74) is 2.33. The zero-order valence-electron chi connectivity index (χ0n) is 17.3. The van der Waals surface area contributed by atoms with Crippen molar-refractivity contribution in [1.29, 1.82) is 0 Å². The van der Waals surface area contributed by atoms with Crippen molar-refractivity contribution < 1.29 is 13.5 Å². The van der Waals surface area contributed by atoms with Crippen molar-refractivity contribution in [2.24, 2.45) is 4.99 Å². The molecule has 5 nitrogen and oxygen atoms in total. The van der Waals surface area contributed by atoms with Gasteiger partial charge in [0.25, 0.3) is 0 Å². The summed E-state index contributed by atoms with van der Waals surface area (Å²) in [7, 11) is 1.71. The molecule has 1 fully saturated rings. The smallest absolute Gasteiger partial charge is 0.191 e. The first-order valence-electron chi connectivity index (χ1n) is 9.93. The number of anilines is 1. The van der Waals surface area contributed by atoms with Crippen LogP contribution in [0.2, 0.25) is 0 Å². The Labute approximate surface area is 193 Å². The van der Waals surface area contributed by atoms with Gasteiger partial charge in [-0.3, -0.25) is 4.99 Å². The molecule has 1 atom stereocenters. The number of para-hydroxylation sites is 1. The summed E-state index contributed by atoms with van der Waals surface area (Å²) < 4.78 is 33.6. The molecule has 0 amide bonds. The topological polar surface area (TPSA) is 48.9 Å². The normalized spacial score (nSPS) is 16.3. The summed E-state index contributed by atoms with van der Waals surface area (Å²) >= 11 is 0. The molecule has 1 saturated heterocycles. The lowest BCUT2D eigenvalue weighted by Crippen LogP contribution is -2.44. The van der Waals surface area contributed by atoms with E-state index in [0.29, 0.717) is 38.8 Å². The van der Waals surface area contributed by atoms with Crippen LogP contribution in [0.5, 0.6) is 0 Å². The highest BCUT2D eigenvalue weighted by molar-refractivity contribution is 14.0. The fourth-order valence-electron chi connectivity index (χ4n) is 3.52. The van der Waals surface area contributed by atoms with E-state index in [1.807, 2.05) is 19.1 Å². The third-order valence-corrected chi connectivity index (χ3v) is 5.03. The van der Waals surface area contributed by atoms with E-state index in [0.717, 1.165) is 17.5 Å². The van der Waals surface area contributed by atoms with E-state index in [9.17, 15) is 8.78 Å². The summed E-state index contributed by atoms with van der Waals surface area (Å²) in [4.78, 5) is 6.03. The molecule has 0 aromatic heterocycles. The van der Waals surface area contributed by atoms with Crippen molar-refractivity contribution in [1.82, 2.24) is 10.6 Å². The molecule has 2 aromatic rings. The van der Waals surface area contributed by atoms with Gasteiger partial charge in [0.05, 0.1) is 6.61 Å². The fourth-order valence-corrected chi connectivity index (χ4v) is 3.52. The van der Waals surface area contributed by atoms with E-state index in [4.69, 9.17) is 4.74 Å². The predicted octanol–water partition coefficient (Wildman–Crippen LogP) is 4.06. The first-order valence-corrected chi connectivity index (χ1v) is 9.93. The Morgan fingerprint density at radius 3 is 2.50 bits per heavy atom. The Kier molecular flexibility index (Phi) is 9.77. The summed E-state index contributed by atoms with van der Waals surface area (Å²) in [6.45, 7) is 4.94. The predicted molar refractivity (Wildman–Crippen MR) is 127 cm³/mol. The second-order valence-corrected chi connectivity index (χ2v) is 6.98. The van der Waals surface area contributed by atoms with E-state index < -0.39 is 11.6 Å². The number of nitrogens with one attached hydrogen (secondary N) is 2. The molecule has 1 unspecified atom stereocenters. The molecule has 0 radical (unpaired) electrons. The second-order valence-electron chi connectivity index (χ2n) is 6.98. The summed E-state index contributed by atoms with van der Waals surface area (Å²) in [5, 5.41) is 6.68. The Morgan fingerprint density at radius 2 is 1.83 bits per heavy atom. The number of aliphatic imine (C=N–C) groups is 1. The minimum absolute atomic E-state index is 0. The standard InChI is InChI=1S/C22H28F2N4O.HI/c1-3-29-15-17-8-5-4-7-16(17)13-26-22(25-2)27-18-11-12-28(14-18)21-19(23)9-6-10-20(21)24;/h4-10,18H,3,11-15H2,1-2H3,(H2,25,26,27);1H. The number of rotatable bonds is 7. The molecule has 2 aromatic carbocycles. The van der Waals surface area contributed by atoms with Gasteiger partial charge in [-0.1, -0.05) is 30.3 Å². The lowest BCUT2D eigenvalue weighted by Gasteiger charge is -2.21. The van der Waals surface area contributed by atoms with Gasteiger partial charge >= 0.3 is 0 Å². The quantitative estimate of drug-likeness (QED) is 0.322. The van der Waals surface area contributed by atoms with Crippen LogP contribution < -0.4 is 15.5 Å². The molecule has 164 valence electrons. The Hall–Kier alpha value is -1.94. The van der Waals surface area contributed by atoms with E-state index in [1.165, 1.54) is 18.2 Å². The molecule has 2 N–H and O–H groups in total. The Balaban J connectivity index is 0.00000320. The molecule has 8 heteroatoms. The maximum atomic E-state index is 14.0. The monoisotopic (exact) mass is 530 g/mol. The minimum atomic E-state index is -0.529. The molecule has 0 spiro atoms. The number of nitrogens with zero attached hydrogens (tertiary/aromatic N) is 2. The molecular formula is C22H29F2IN4O. The Bertz CT molecular complexity index is 829. The first-order chi connectivity index (χ1) is 14.1. The van der Waals surface area contributed by atoms with Gasteiger partial charge in [0.2, 0.25) is 0 Å². The highest BCUT2D eigenvalue weighted by Crippen LogP contribution is 2.26. The largest absolute Gasteiger partial charge is 0.377 e. The molecule has 1 heterocycles. The van der Waals surface area contributed by atoms with Gasteiger partial charge in [-0.05, 0) is 36.6 Å². The van der Waals surface area contributed by atoms with Gasteiger partial charge in [0.1, 0.15) is 17.3 Å². The van der Waals surface area contributed by atoms with Crippen molar-refractivity contribution in [3.63, 3.8) is 0 Å². The number of halogens is 3. The van der Waals surface area contributed by atoms with Crippen LogP contribution in [0, 0.1) is 11.6 Å². The molecule has 0 aliphatic carbocycles. The zero-order valence-corrected chi connectivity index (χ0v) is 19.7. The van der Waals surface area contributed by atoms with Crippen LogP contribution >= 0.6 is 24.0 Å². The minimum Gasteiger partial charge on any atom is -0.377 e. The SMILES string of the molecule is CCOCc1ccccc1CNC(=NC)NC1CCN(c2c(F)cccc2F)C1.I. The molecule has 0 bridgehead atoms. The molecular weight excluding hydrogens is 501 g/mol. The van der Waals surface area contributed by atoms with Crippen LogP contribution in [-0.4, -0.2) is 38.7 Å². The number of ether oxygens (including phenoxy) is 1. The molecule has 3 rings (SSSR count). The summed E-state index contributed by atoms with van der Waals surface area (Å²) in [5.74, 6) is -0.393. The van der Waals surface area contributed by atoms with E-state index >= 15 is 0 Å². The van der Waals surface area contributed by atoms with E-state index in [2.05, 4.69) is 27.8 Å². The van der Waals surface area contributed by atoms with E-state index in [-0.39, 0.29) is 35.7 Å². The van der Waals surface area contributed by atoms with Crippen molar-refractivity contribution >= 4 is 35.6 Å². The third kappa shape index (κ3) is 6.28. The van der Waals surface area contributed by atoms with Crippen molar-refractivity contribution in [2.75, 3.05) is 31.6 Å². The third-order valence-electron chi connectivity index (χ3n) is 5.03. The average Bonchev–Trinajstić information content (AvgIpc) is 3.18. The van der Waals surface area contributed by atoms with Gasteiger partial charge in [-0.25, -0.2) is 8.78 Å². The Morgan fingerprint density at radius 1 is 1.13 bits per heavy atom. The van der Waals surface area contributed by atoms with Gasteiger partial charge in [0.15, 0.2) is 5.96 Å².